The van der Waals surface area contributed by atoms with Crippen molar-refractivity contribution in [3.63, 3.8) is 0 Å². The molecule has 0 unspecified atom stereocenters. The van der Waals surface area contributed by atoms with E-state index >= 15 is 0 Å². The summed E-state index contributed by atoms with van der Waals surface area (Å²) in [6.07, 6.45) is -10.1. The van der Waals surface area contributed by atoms with Crippen molar-refractivity contribution < 1.29 is 26.3 Å². The fourth-order valence-corrected chi connectivity index (χ4v) is 2.18. The maximum atomic E-state index is 12.7. The molecule has 0 aliphatic heterocycles. The molecule has 1 aromatic heterocycles. The average molecular weight is 295 g/mol. The van der Waals surface area contributed by atoms with Crippen LogP contribution < -0.4 is 0 Å². The number of thiophene rings is 1. The van der Waals surface area contributed by atoms with Crippen molar-refractivity contribution in [3.8, 4) is 11.1 Å². The Morgan fingerprint density at radius 2 is 1.47 bits per heavy atom. The molecule has 1 radical (unpaired) electrons. The van der Waals surface area contributed by atoms with Gasteiger partial charge < -0.3 is 0 Å². The number of benzene rings is 1. The van der Waals surface area contributed by atoms with Crippen molar-refractivity contribution in [2.75, 3.05) is 0 Å². The quantitative estimate of drug-likeness (QED) is 0.630. The van der Waals surface area contributed by atoms with Crippen LogP contribution in [-0.2, 0) is 12.4 Å². The lowest BCUT2D eigenvalue weighted by molar-refractivity contribution is -0.162. The number of rotatable bonds is 1. The molecular weight excluding hydrogens is 290 g/mol. The van der Waals surface area contributed by atoms with Crippen LogP contribution in [0, 0.1) is 5.38 Å². The summed E-state index contributed by atoms with van der Waals surface area (Å²) in [5, 5.41) is 4.19. The zero-order valence-electron chi connectivity index (χ0n) is 9.06. The van der Waals surface area contributed by atoms with Crippen LogP contribution in [0.15, 0.2) is 29.6 Å². The third-order valence-electron chi connectivity index (χ3n) is 2.43. The molecular formula is C12H5F6S. The minimum atomic E-state index is -5.05. The lowest BCUT2D eigenvalue weighted by Gasteiger charge is -2.16. The van der Waals surface area contributed by atoms with Crippen molar-refractivity contribution in [1.82, 2.24) is 0 Å². The molecule has 0 saturated carbocycles. The number of alkyl halides is 6. The van der Waals surface area contributed by atoms with Gasteiger partial charge in [0.15, 0.2) is 0 Å². The Morgan fingerprint density at radius 3 is 1.95 bits per heavy atom. The second-order valence-electron chi connectivity index (χ2n) is 3.71. The standard InChI is InChI=1S/C12H5F6S/c13-11(14,15)9-2-1-7(8-3-4-19-6-8)5-10(9)12(16,17)18/h1-3,5-6H. The van der Waals surface area contributed by atoms with Gasteiger partial charge in [0, 0.05) is 5.38 Å². The first kappa shape index (κ1) is 13.9. The fourth-order valence-electron chi connectivity index (χ4n) is 1.59. The molecule has 0 spiro atoms. The van der Waals surface area contributed by atoms with Gasteiger partial charge in [-0.25, -0.2) is 0 Å². The van der Waals surface area contributed by atoms with E-state index in [1.807, 2.05) is 0 Å². The second-order valence-corrected chi connectivity index (χ2v) is 4.42. The molecule has 0 atom stereocenters. The van der Waals surface area contributed by atoms with Gasteiger partial charge in [-0.1, -0.05) is 6.07 Å². The van der Waals surface area contributed by atoms with Crippen LogP contribution in [0.5, 0.6) is 0 Å². The van der Waals surface area contributed by atoms with Gasteiger partial charge in [-0.15, -0.1) is 11.3 Å². The van der Waals surface area contributed by atoms with Crippen LogP contribution in [0.1, 0.15) is 11.1 Å². The first-order chi connectivity index (χ1) is 8.69. The Bertz CT molecular complexity index is 565. The van der Waals surface area contributed by atoms with E-state index in [0.717, 1.165) is 17.4 Å². The lowest BCUT2D eigenvalue weighted by atomic mass is 10.00. The predicted octanol–water partition coefficient (Wildman–Crippen LogP) is 5.25. The molecule has 101 valence electrons. The van der Waals surface area contributed by atoms with Gasteiger partial charge in [-0.3, -0.25) is 0 Å². The van der Waals surface area contributed by atoms with E-state index in [9.17, 15) is 26.3 Å². The molecule has 0 aliphatic carbocycles. The van der Waals surface area contributed by atoms with Gasteiger partial charge in [0.2, 0.25) is 0 Å². The molecule has 7 heteroatoms. The highest BCUT2D eigenvalue weighted by molar-refractivity contribution is 7.07. The third-order valence-corrected chi connectivity index (χ3v) is 3.06. The van der Waals surface area contributed by atoms with Crippen molar-refractivity contribution >= 4 is 11.3 Å². The summed E-state index contributed by atoms with van der Waals surface area (Å²) in [5.74, 6) is 0. The largest absolute Gasteiger partial charge is 0.417 e. The number of halogens is 6. The maximum Gasteiger partial charge on any atom is 0.417 e. The van der Waals surface area contributed by atoms with Gasteiger partial charge in [-0.05, 0) is 34.7 Å². The molecule has 0 N–H and O–H groups in total. The molecule has 0 aliphatic rings. The van der Waals surface area contributed by atoms with Crippen LogP contribution >= 0.6 is 11.3 Å². The molecule has 0 amide bonds. The van der Waals surface area contributed by atoms with Gasteiger partial charge in [-0.2, -0.15) is 26.3 Å². The second kappa shape index (κ2) is 4.56. The van der Waals surface area contributed by atoms with E-state index < -0.39 is 23.5 Å². The van der Waals surface area contributed by atoms with E-state index in [1.165, 1.54) is 11.4 Å². The summed E-state index contributed by atoms with van der Waals surface area (Å²) in [7, 11) is 0. The topological polar surface area (TPSA) is 0 Å². The average Bonchev–Trinajstić information content (AvgIpc) is 2.79. The summed E-state index contributed by atoms with van der Waals surface area (Å²) in [5.41, 5.74) is -2.87. The Morgan fingerprint density at radius 1 is 0.842 bits per heavy atom. The summed E-state index contributed by atoms with van der Waals surface area (Å²) in [6.45, 7) is 0. The maximum absolute atomic E-state index is 12.7. The highest BCUT2D eigenvalue weighted by Gasteiger charge is 2.43. The molecule has 2 rings (SSSR count). The summed E-state index contributed by atoms with van der Waals surface area (Å²) in [6, 6.07) is 3.41. The third kappa shape index (κ3) is 2.91. The monoisotopic (exact) mass is 295 g/mol. The van der Waals surface area contributed by atoms with Crippen molar-refractivity contribution in [1.29, 1.82) is 0 Å². The van der Waals surface area contributed by atoms with E-state index in [0.29, 0.717) is 17.7 Å². The SMILES string of the molecule is FC(F)(F)c1ccc(-c2c[c]sc2)cc1C(F)(F)F. The fraction of sp³-hybridized carbons (Fsp3) is 0.167. The van der Waals surface area contributed by atoms with Gasteiger partial charge in [0.1, 0.15) is 0 Å². The van der Waals surface area contributed by atoms with Crippen LogP contribution in [0.2, 0.25) is 0 Å². The van der Waals surface area contributed by atoms with Crippen LogP contribution in [0.3, 0.4) is 0 Å². The van der Waals surface area contributed by atoms with E-state index in [4.69, 9.17) is 0 Å². The van der Waals surface area contributed by atoms with Crippen molar-refractivity contribution in [3.05, 3.63) is 46.2 Å². The zero-order valence-corrected chi connectivity index (χ0v) is 9.88. The molecule has 0 bridgehead atoms. The van der Waals surface area contributed by atoms with Gasteiger partial charge in [0.05, 0.1) is 11.1 Å². The Kier molecular flexibility index (Phi) is 3.34. The normalized spacial score (nSPS) is 12.7. The molecule has 1 aromatic carbocycles. The Balaban J connectivity index is 2.61. The number of hydrogen-bond donors (Lipinski definition) is 0. The predicted molar refractivity (Wildman–Crippen MR) is 58.6 cm³/mol. The zero-order chi connectivity index (χ0) is 14.3. The summed E-state index contributed by atoms with van der Waals surface area (Å²) in [4.78, 5) is 0. The molecule has 0 nitrogen and oxygen atoms in total. The van der Waals surface area contributed by atoms with E-state index in [-0.39, 0.29) is 5.56 Å². The van der Waals surface area contributed by atoms with Crippen LogP contribution in [-0.4, -0.2) is 0 Å². The lowest BCUT2D eigenvalue weighted by Crippen LogP contribution is -2.16. The van der Waals surface area contributed by atoms with Crippen LogP contribution in [0.4, 0.5) is 26.3 Å². The Hall–Kier alpha value is -1.50. The summed E-state index contributed by atoms with van der Waals surface area (Å²) >= 11 is 1.13. The molecule has 1 heterocycles. The minimum Gasteiger partial charge on any atom is -0.166 e. The Labute approximate surface area is 108 Å². The molecule has 2 aromatic rings. The number of hydrogen-bond acceptors (Lipinski definition) is 1. The van der Waals surface area contributed by atoms with E-state index in [2.05, 4.69) is 5.38 Å². The van der Waals surface area contributed by atoms with Crippen molar-refractivity contribution in [2.24, 2.45) is 0 Å². The molecule has 19 heavy (non-hydrogen) atoms. The van der Waals surface area contributed by atoms with Gasteiger partial charge >= 0.3 is 12.4 Å². The first-order valence-electron chi connectivity index (χ1n) is 4.93. The van der Waals surface area contributed by atoms with Crippen LogP contribution in [0.25, 0.3) is 11.1 Å². The van der Waals surface area contributed by atoms with Gasteiger partial charge in [0.25, 0.3) is 0 Å². The minimum absolute atomic E-state index is 0.0813. The summed E-state index contributed by atoms with van der Waals surface area (Å²) < 4.78 is 75.7. The van der Waals surface area contributed by atoms with Crippen molar-refractivity contribution in [2.45, 2.75) is 12.4 Å². The smallest absolute Gasteiger partial charge is 0.166 e. The first-order valence-corrected chi connectivity index (χ1v) is 5.81. The highest BCUT2D eigenvalue weighted by Crippen LogP contribution is 2.42. The van der Waals surface area contributed by atoms with E-state index in [1.54, 1.807) is 0 Å². The molecule has 0 fully saturated rings. The molecule has 0 saturated heterocycles. The highest BCUT2D eigenvalue weighted by atomic mass is 32.1.